The lowest BCUT2D eigenvalue weighted by atomic mass is 10.2. The van der Waals surface area contributed by atoms with Gasteiger partial charge in [-0.15, -0.1) is 0 Å². The highest BCUT2D eigenvalue weighted by atomic mass is 16.5. The van der Waals surface area contributed by atoms with Crippen molar-refractivity contribution in [3.63, 3.8) is 0 Å². The molecule has 1 amide bonds. The molecule has 3 N–H and O–H groups in total. The number of para-hydroxylation sites is 1. The van der Waals surface area contributed by atoms with Crippen LogP contribution in [0.3, 0.4) is 0 Å². The Morgan fingerprint density at radius 3 is 2.89 bits per heavy atom. The van der Waals surface area contributed by atoms with Gasteiger partial charge in [-0.25, -0.2) is 5.84 Å². The maximum absolute atomic E-state index is 11.5. The van der Waals surface area contributed by atoms with Crippen LogP contribution < -0.4 is 16.0 Å². The molecule has 0 atom stereocenters. The quantitative estimate of drug-likeness (QED) is 0.424. The minimum absolute atomic E-state index is 0.381. The van der Waals surface area contributed by atoms with Crippen LogP contribution in [-0.2, 0) is 0 Å². The Labute approximate surface area is 112 Å². The van der Waals surface area contributed by atoms with E-state index in [4.69, 9.17) is 15.8 Å². The number of hydrogen-bond acceptors (Lipinski definition) is 5. The zero-order valence-corrected chi connectivity index (χ0v) is 10.9. The Morgan fingerprint density at radius 1 is 1.47 bits per heavy atom. The van der Waals surface area contributed by atoms with Gasteiger partial charge in [0.1, 0.15) is 12.4 Å². The number of carbonyl (C=O) groups excluding carboxylic acids is 1. The van der Waals surface area contributed by atoms with Gasteiger partial charge in [-0.05, 0) is 19.2 Å². The van der Waals surface area contributed by atoms with Gasteiger partial charge in [-0.2, -0.15) is 5.26 Å². The molecule has 0 unspecified atom stereocenters. The highest BCUT2D eigenvalue weighted by Crippen LogP contribution is 2.17. The van der Waals surface area contributed by atoms with Crippen molar-refractivity contribution in [2.45, 2.75) is 6.42 Å². The molecule has 0 fully saturated rings. The van der Waals surface area contributed by atoms with Gasteiger partial charge in [0.15, 0.2) is 0 Å². The first-order valence-electron chi connectivity index (χ1n) is 5.97. The van der Waals surface area contributed by atoms with Crippen LogP contribution in [0.25, 0.3) is 0 Å². The summed E-state index contributed by atoms with van der Waals surface area (Å²) in [5.41, 5.74) is 2.49. The van der Waals surface area contributed by atoms with Gasteiger partial charge in [0.25, 0.3) is 5.91 Å². The molecule has 0 heterocycles. The van der Waals surface area contributed by atoms with Crippen molar-refractivity contribution >= 4 is 5.91 Å². The second kappa shape index (κ2) is 8.08. The predicted octanol–water partition coefficient (Wildman–Crippen LogP) is 0.514. The maximum Gasteiger partial charge on any atom is 0.268 e. The SMILES string of the molecule is CN(CCC#N)CCOc1ccccc1C(=O)NN. The molecule has 0 spiro atoms. The van der Waals surface area contributed by atoms with Crippen molar-refractivity contribution < 1.29 is 9.53 Å². The molecule has 0 aliphatic heterocycles. The summed E-state index contributed by atoms with van der Waals surface area (Å²) in [5.74, 6) is 5.23. The van der Waals surface area contributed by atoms with Crippen LogP contribution in [0, 0.1) is 11.3 Å². The van der Waals surface area contributed by atoms with Crippen LogP contribution in [0.4, 0.5) is 0 Å². The Morgan fingerprint density at radius 2 is 2.21 bits per heavy atom. The van der Waals surface area contributed by atoms with Crippen molar-refractivity contribution in [1.82, 2.24) is 10.3 Å². The monoisotopic (exact) mass is 262 g/mol. The Kier molecular flexibility index (Phi) is 6.36. The molecule has 6 nitrogen and oxygen atoms in total. The number of nitrogen functional groups attached to an aromatic ring is 1. The summed E-state index contributed by atoms with van der Waals surface area (Å²) in [6.45, 7) is 1.82. The van der Waals surface area contributed by atoms with Gasteiger partial charge in [0.05, 0.1) is 11.6 Å². The number of nitrogens with two attached hydrogens (primary N) is 1. The zero-order chi connectivity index (χ0) is 14.1. The summed E-state index contributed by atoms with van der Waals surface area (Å²) in [5, 5.41) is 8.48. The molecule has 0 radical (unpaired) electrons. The van der Waals surface area contributed by atoms with Crippen molar-refractivity contribution in [1.29, 1.82) is 5.26 Å². The molecule has 0 bridgehead atoms. The number of benzene rings is 1. The van der Waals surface area contributed by atoms with E-state index in [1.54, 1.807) is 24.3 Å². The summed E-state index contributed by atoms with van der Waals surface area (Å²) in [6, 6.07) is 9.00. The number of hydrazine groups is 1. The van der Waals surface area contributed by atoms with Crippen LogP contribution in [0.2, 0.25) is 0 Å². The number of rotatable bonds is 7. The van der Waals surface area contributed by atoms with Crippen molar-refractivity contribution in [3.8, 4) is 11.8 Å². The molecule has 1 aromatic rings. The molecule has 102 valence electrons. The fourth-order valence-corrected chi connectivity index (χ4v) is 1.52. The Bertz CT molecular complexity index is 456. The van der Waals surface area contributed by atoms with E-state index in [1.165, 1.54) is 0 Å². The Balaban J connectivity index is 2.49. The van der Waals surface area contributed by atoms with Gasteiger partial charge in [-0.1, -0.05) is 12.1 Å². The molecular weight excluding hydrogens is 244 g/mol. The second-order valence-corrected chi connectivity index (χ2v) is 4.03. The Hall–Kier alpha value is -2.10. The molecule has 0 saturated heterocycles. The van der Waals surface area contributed by atoms with E-state index in [9.17, 15) is 4.79 Å². The molecule has 0 saturated carbocycles. The topological polar surface area (TPSA) is 91.4 Å². The number of hydrogen-bond donors (Lipinski definition) is 2. The first-order valence-corrected chi connectivity index (χ1v) is 5.97. The second-order valence-electron chi connectivity index (χ2n) is 4.03. The number of ether oxygens (including phenoxy) is 1. The molecule has 0 aliphatic rings. The summed E-state index contributed by atoms with van der Waals surface area (Å²) >= 11 is 0. The van der Waals surface area contributed by atoms with Gasteiger partial charge in [-0.3, -0.25) is 10.2 Å². The molecule has 1 aromatic carbocycles. The smallest absolute Gasteiger partial charge is 0.268 e. The van der Waals surface area contributed by atoms with Crippen molar-refractivity contribution in [3.05, 3.63) is 29.8 Å². The van der Waals surface area contributed by atoms with Crippen LogP contribution in [0.15, 0.2) is 24.3 Å². The molecule has 0 aliphatic carbocycles. The minimum Gasteiger partial charge on any atom is -0.491 e. The number of likely N-dealkylation sites (N-methyl/N-ethyl adjacent to an activating group) is 1. The van der Waals surface area contributed by atoms with E-state index >= 15 is 0 Å². The number of nitrogens with zero attached hydrogens (tertiary/aromatic N) is 2. The third-order valence-corrected chi connectivity index (χ3v) is 2.60. The van der Waals surface area contributed by atoms with Crippen molar-refractivity contribution in [2.24, 2.45) is 5.84 Å². The lowest BCUT2D eigenvalue weighted by molar-refractivity contribution is 0.0949. The van der Waals surface area contributed by atoms with Gasteiger partial charge < -0.3 is 9.64 Å². The van der Waals surface area contributed by atoms with E-state index in [0.717, 1.165) is 0 Å². The average Bonchev–Trinajstić information content (AvgIpc) is 2.44. The summed E-state index contributed by atoms with van der Waals surface area (Å²) < 4.78 is 5.57. The highest BCUT2D eigenvalue weighted by Gasteiger charge is 2.10. The minimum atomic E-state index is -0.381. The molecular formula is C13H18N4O2. The average molecular weight is 262 g/mol. The van der Waals surface area contributed by atoms with Gasteiger partial charge in [0, 0.05) is 19.5 Å². The third kappa shape index (κ3) is 4.95. The molecule has 6 heteroatoms. The third-order valence-electron chi connectivity index (χ3n) is 2.60. The fourth-order valence-electron chi connectivity index (χ4n) is 1.52. The van der Waals surface area contributed by atoms with E-state index in [-0.39, 0.29) is 5.91 Å². The lowest BCUT2D eigenvalue weighted by Crippen LogP contribution is -2.30. The maximum atomic E-state index is 11.5. The standard InChI is InChI=1S/C13H18N4O2/c1-17(8-4-7-14)9-10-19-12-6-3-2-5-11(12)13(18)16-15/h2-3,5-6H,4,8-10,15H2,1H3,(H,16,18). The van der Waals surface area contributed by atoms with Crippen LogP contribution in [0.5, 0.6) is 5.75 Å². The first-order chi connectivity index (χ1) is 9.19. The largest absolute Gasteiger partial charge is 0.491 e. The summed E-state index contributed by atoms with van der Waals surface area (Å²) in [7, 11) is 1.92. The molecule has 19 heavy (non-hydrogen) atoms. The van der Waals surface area contributed by atoms with Gasteiger partial charge >= 0.3 is 0 Å². The van der Waals surface area contributed by atoms with Crippen LogP contribution >= 0.6 is 0 Å². The van der Waals surface area contributed by atoms with E-state index in [0.29, 0.717) is 37.4 Å². The lowest BCUT2D eigenvalue weighted by Gasteiger charge is -2.16. The van der Waals surface area contributed by atoms with E-state index in [2.05, 4.69) is 11.5 Å². The molecule has 1 rings (SSSR count). The summed E-state index contributed by atoms with van der Waals surface area (Å²) in [6.07, 6.45) is 0.489. The zero-order valence-electron chi connectivity index (χ0n) is 10.9. The number of nitrogens with one attached hydrogen (secondary N) is 1. The summed E-state index contributed by atoms with van der Waals surface area (Å²) in [4.78, 5) is 13.5. The number of amides is 1. The first kappa shape index (κ1) is 15.0. The highest BCUT2D eigenvalue weighted by molar-refractivity contribution is 5.96. The fraction of sp³-hybridized carbons (Fsp3) is 0.385. The van der Waals surface area contributed by atoms with Gasteiger partial charge in [0.2, 0.25) is 0 Å². The number of nitriles is 1. The van der Waals surface area contributed by atoms with Crippen LogP contribution in [0.1, 0.15) is 16.8 Å². The van der Waals surface area contributed by atoms with Crippen LogP contribution in [-0.4, -0.2) is 37.6 Å². The molecule has 0 aromatic heterocycles. The number of carbonyl (C=O) groups is 1. The predicted molar refractivity (Wildman–Crippen MR) is 71.3 cm³/mol. The van der Waals surface area contributed by atoms with Crippen molar-refractivity contribution in [2.75, 3.05) is 26.7 Å². The van der Waals surface area contributed by atoms with E-state index < -0.39 is 0 Å². The van der Waals surface area contributed by atoms with E-state index in [1.807, 2.05) is 11.9 Å². The normalized spacial score (nSPS) is 10.0.